The van der Waals surface area contributed by atoms with E-state index in [0.717, 1.165) is 44.4 Å². The molecule has 0 spiro atoms. The topological polar surface area (TPSA) is 52.0 Å². The van der Waals surface area contributed by atoms with Crippen molar-refractivity contribution in [2.45, 2.75) is 38.4 Å². The third-order valence-corrected chi connectivity index (χ3v) is 3.12. The summed E-state index contributed by atoms with van der Waals surface area (Å²) in [6, 6.07) is 0.515. The molecule has 1 saturated heterocycles. The van der Waals surface area contributed by atoms with Crippen LogP contribution in [-0.2, 0) is 24.2 Å². The predicted octanol–water partition coefficient (Wildman–Crippen LogP) is 0.103. The van der Waals surface area contributed by atoms with Gasteiger partial charge >= 0.3 is 0 Å². The molecule has 0 bridgehead atoms. The third-order valence-electron chi connectivity index (χ3n) is 3.12. The van der Waals surface area contributed by atoms with Gasteiger partial charge in [0.05, 0.1) is 25.8 Å². The summed E-state index contributed by atoms with van der Waals surface area (Å²) < 4.78 is 7.37. The van der Waals surface area contributed by atoms with Crippen LogP contribution < -0.4 is 5.32 Å². The molecule has 15 heavy (non-hydrogen) atoms. The van der Waals surface area contributed by atoms with Crippen LogP contribution in [0.25, 0.3) is 0 Å². The lowest BCUT2D eigenvalue weighted by Crippen LogP contribution is -2.45. The molecule has 5 heteroatoms. The smallest absolute Gasteiger partial charge is 0.147 e. The lowest BCUT2D eigenvalue weighted by Gasteiger charge is -2.27. The number of ether oxygens (including phenoxy) is 1. The summed E-state index contributed by atoms with van der Waals surface area (Å²) in [5.74, 6) is 2.24. The van der Waals surface area contributed by atoms with Crippen LogP contribution in [0, 0.1) is 0 Å². The summed E-state index contributed by atoms with van der Waals surface area (Å²) >= 11 is 0. The van der Waals surface area contributed by atoms with E-state index in [2.05, 4.69) is 20.1 Å². The van der Waals surface area contributed by atoms with Crippen LogP contribution in [0.5, 0.6) is 0 Å². The highest BCUT2D eigenvalue weighted by atomic mass is 16.5. The fourth-order valence-electron chi connectivity index (χ4n) is 2.09. The van der Waals surface area contributed by atoms with Crippen LogP contribution in [0.4, 0.5) is 0 Å². The Labute approximate surface area is 88.8 Å². The Hall–Kier alpha value is -0.940. The summed E-state index contributed by atoms with van der Waals surface area (Å²) in [4.78, 5) is 0. The Kier molecular flexibility index (Phi) is 2.42. The molecule has 3 rings (SSSR count). The first-order valence-corrected chi connectivity index (χ1v) is 5.65. The molecule has 1 aromatic rings. The molecule has 0 unspecified atom stereocenters. The highest BCUT2D eigenvalue weighted by Crippen LogP contribution is 2.14. The second-order valence-corrected chi connectivity index (χ2v) is 4.26. The second-order valence-electron chi connectivity index (χ2n) is 4.26. The van der Waals surface area contributed by atoms with Crippen molar-refractivity contribution in [2.75, 3.05) is 13.2 Å². The van der Waals surface area contributed by atoms with Gasteiger partial charge in [-0.05, 0) is 12.8 Å². The quantitative estimate of drug-likeness (QED) is 0.765. The second kappa shape index (κ2) is 3.90. The van der Waals surface area contributed by atoms with E-state index in [4.69, 9.17) is 4.74 Å². The first-order chi connectivity index (χ1) is 7.43. The number of fused-ring (bicyclic) bond motifs is 1. The predicted molar refractivity (Wildman–Crippen MR) is 54.4 cm³/mol. The number of nitrogens with zero attached hydrogens (tertiary/aromatic N) is 3. The van der Waals surface area contributed by atoms with Gasteiger partial charge in [0, 0.05) is 13.0 Å². The number of aryl methyl sites for hydroxylation is 1. The minimum atomic E-state index is 0.515. The van der Waals surface area contributed by atoms with Crippen molar-refractivity contribution in [1.82, 2.24) is 20.1 Å². The van der Waals surface area contributed by atoms with E-state index in [1.165, 1.54) is 12.8 Å². The van der Waals surface area contributed by atoms with Crippen LogP contribution >= 0.6 is 0 Å². The molecule has 82 valence electrons. The van der Waals surface area contributed by atoms with E-state index < -0.39 is 0 Å². The maximum atomic E-state index is 5.11. The first kappa shape index (κ1) is 9.30. The van der Waals surface area contributed by atoms with Crippen LogP contribution in [0.3, 0.4) is 0 Å². The molecular weight excluding hydrogens is 192 g/mol. The van der Waals surface area contributed by atoms with Crippen LogP contribution in [0.1, 0.15) is 24.5 Å². The van der Waals surface area contributed by atoms with Gasteiger partial charge in [-0.3, -0.25) is 0 Å². The molecule has 0 aromatic carbocycles. The molecule has 0 saturated carbocycles. The lowest BCUT2D eigenvalue weighted by molar-refractivity contribution is -0.00617. The molecule has 1 N–H and O–H groups in total. The Morgan fingerprint density at radius 2 is 2.27 bits per heavy atom. The van der Waals surface area contributed by atoms with Crippen molar-refractivity contribution >= 4 is 0 Å². The molecule has 0 radical (unpaired) electrons. The van der Waals surface area contributed by atoms with Crippen molar-refractivity contribution in [3.63, 3.8) is 0 Å². The number of hydrogen-bond donors (Lipinski definition) is 1. The summed E-state index contributed by atoms with van der Waals surface area (Å²) in [5.41, 5.74) is 0. The highest BCUT2D eigenvalue weighted by molar-refractivity contribution is 4.99. The van der Waals surface area contributed by atoms with E-state index in [-0.39, 0.29) is 0 Å². The summed E-state index contributed by atoms with van der Waals surface area (Å²) in [6.07, 6.45) is 3.59. The highest BCUT2D eigenvalue weighted by Gasteiger charge is 2.20. The van der Waals surface area contributed by atoms with Crippen molar-refractivity contribution in [3.8, 4) is 0 Å². The average Bonchev–Trinajstić information content (AvgIpc) is 2.60. The SMILES string of the molecule is C1CCn2c(nnc2CNC2COC2)C1. The third kappa shape index (κ3) is 1.77. The molecular formula is C10H16N4O. The van der Waals surface area contributed by atoms with Gasteiger partial charge in [0.1, 0.15) is 11.6 Å². The van der Waals surface area contributed by atoms with Crippen molar-refractivity contribution in [3.05, 3.63) is 11.6 Å². The van der Waals surface area contributed by atoms with Gasteiger partial charge in [0.25, 0.3) is 0 Å². The Bertz CT molecular complexity index is 345. The maximum Gasteiger partial charge on any atom is 0.147 e. The maximum absolute atomic E-state index is 5.11. The number of hydrogen-bond acceptors (Lipinski definition) is 4. The molecule has 3 heterocycles. The van der Waals surface area contributed by atoms with Crippen LogP contribution in [-0.4, -0.2) is 34.0 Å². The van der Waals surface area contributed by atoms with Gasteiger partial charge in [0.15, 0.2) is 0 Å². The zero-order valence-corrected chi connectivity index (χ0v) is 8.78. The summed E-state index contributed by atoms with van der Waals surface area (Å²) in [7, 11) is 0. The van der Waals surface area contributed by atoms with Gasteiger partial charge in [-0.15, -0.1) is 10.2 Å². The molecule has 1 fully saturated rings. The Balaban J connectivity index is 1.66. The van der Waals surface area contributed by atoms with Crippen molar-refractivity contribution in [1.29, 1.82) is 0 Å². The van der Waals surface area contributed by atoms with E-state index >= 15 is 0 Å². The van der Waals surface area contributed by atoms with Gasteiger partial charge in [-0.1, -0.05) is 0 Å². The number of nitrogens with one attached hydrogen (secondary N) is 1. The number of aromatic nitrogens is 3. The molecule has 0 amide bonds. The van der Waals surface area contributed by atoms with Gasteiger partial charge < -0.3 is 14.6 Å². The Morgan fingerprint density at radius 1 is 1.33 bits per heavy atom. The normalized spacial score (nSPS) is 21.1. The minimum absolute atomic E-state index is 0.515. The largest absolute Gasteiger partial charge is 0.378 e. The summed E-state index contributed by atoms with van der Waals surface area (Å²) in [5, 5.41) is 11.9. The van der Waals surface area contributed by atoms with Crippen molar-refractivity contribution in [2.24, 2.45) is 0 Å². The molecule has 0 aliphatic carbocycles. The van der Waals surface area contributed by atoms with E-state index in [1.807, 2.05) is 0 Å². The number of rotatable bonds is 3. The standard InChI is InChI=1S/C10H16N4O/c1-2-4-14-9(3-1)12-13-10(14)5-11-8-6-15-7-8/h8,11H,1-7H2. The molecule has 5 nitrogen and oxygen atoms in total. The van der Waals surface area contributed by atoms with Gasteiger partial charge in [-0.2, -0.15) is 0 Å². The zero-order valence-electron chi connectivity index (χ0n) is 8.78. The van der Waals surface area contributed by atoms with Gasteiger partial charge in [-0.25, -0.2) is 0 Å². The molecule has 2 aliphatic rings. The minimum Gasteiger partial charge on any atom is -0.378 e. The zero-order chi connectivity index (χ0) is 10.1. The fraction of sp³-hybridized carbons (Fsp3) is 0.800. The van der Waals surface area contributed by atoms with E-state index in [1.54, 1.807) is 0 Å². The molecule has 2 aliphatic heterocycles. The fourth-order valence-corrected chi connectivity index (χ4v) is 2.09. The van der Waals surface area contributed by atoms with Crippen LogP contribution in [0.2, 0.25) is 0 Å². The lowest BCUT2D eigenvalue weighted by atomic mass is 10.1. The van der Waals surface area contributed by atoms with Crippen LogP contribution in [0.15, 0.2) is 0 Å². The van der Waals surface area contributed by atoms with E-state index in [0.29, 0.717) is 6.04 Å². The monoisotopic (exact) mass is 208 g/mol. The van der Waals surface area contributed by atoms with Crippen molar-refractivity contribution < 1.29 is 4.74 Å². The Morgan fingerprint density at radius 3 is 3.07 bits per heavy atom. The summed E-state index contributed by atoms with van der Waals surface area (Å²) in [6.45, 7) is 3.57. The van der Waals surface area contributed by atoms with E-state index in [9.17, 15) is 0 Å². The molecule has 0 atom stereocenters. The average molecular weight is 208 g/mol. The van der Waals surface area contributed by atoms with Gasteiger partial charge in [0.2, 0.25) is 0 Å². The molecule has 1 aromatic heterocycles. The first-order valence-electron chi connectivity index (χ1n) is 5.65.